The number of nitrogens with zero attached hydrogens (tertiary/aromatic N) is 2. The molecule has 1 aromatic carbocycles. The van der Waals surface area contributed by atoms with Crippen LogP contribution in [0.2, 0.25) is 0 Å². The number of hydrogen-bond acceptors (Lipinski definition) is 4. The lowest BCUT2D eigenvalue weighted by Crippen LogP contribution is -2.19. The van der Waals surface area contributed by atoms with Gasteiger partial charge in [-0.15, -0.1) is 6.58 Å². The maximum atomic E-state index is 10.4. The van der Waals surface area contributed by atoms with E-state index in [0.717, 1.165) is 0 Å². The topological polar surface area (TPSA) is 79.0 Å². The van der Waals surface area contributed by atoms with Crippen molar-refractivity contribution in [2.24, 2.45) is 0 Å². The molecular weight excluding hydrogens is 206 g/mol. The molecule has 0 heterocycles. The van der Waals surface area contributed by atoms with Crippen molar-refractivity contribution >= 4 is 5.69 Å². The molecule has 0 saturated carbocycles. The van der Waals surface area contributed by atoms with E-state index in [-0.39, 0.29) is 5.69 Å². The van der Waals surface area contributed by atoms with E-state index < -0.39 is 11.0 Å². The van der Waals surface area contributed by atoms with Crippen LogP contribution in [-0.2, 0) is 0 Å². The highest BCUT2D eigenvalue weighted by Crippen LogP contribution is 2.17. The van der Waals surface area contributed by atoms with Crippen LogP contribution >= 0.6 is 0 Å². The van der Waals surface area contributed by atoms with Crippen LogP contribution in [0.15, 0.2) is 36.9 Å². The molecule has 1 atom stereocenters. The van der Waals surface area contributed by atoms with Gasteiger partial charge in [-0.25, -0.2) is 0 Å². The van der Waals surface area contributed by atoms with Gasteiger partial charge in [0.15, 0.2) is 0 Å². The highest BCUT2D eigenvalue weighted by molar-refractivity contribution is 5.35. The van der Waals surface area contributed by atoms with Gasteiger partial charge >= 0.3 is 0 Å². The number of nitriles is 1. The minimum Gasteiger partial charge on any atom is -0.295 e. The summed E-state index contributed by atoms with van der Waals surface area (Å²) >= 11 is 0. The number of hydrogen-bond donors (Lipinski definition) is 1. The number of nitro benzene ring substituents is 1. The zero-order valence-electron chi connectivity index (χ0n) is 8.59. The molecule has 0 fully saturated rings. The van der Waals surface area contributed by atoms with Crippen LogP contribution in [0.3, 0.4) is 0 Å². The van der Waals surface area contributed by atoms with Crippen LogP contribution in [0.5, 0.6) is 0 Å². The molecule has 5 heteroatoms. The summed E-state index contributed by atoms with van der Waals surface area (Å²) < 4.78 is 0. The largest absolute Gasteiger partial charge is 0.295 e. The van der Waals surface area contributed by atoms with E-state index >= 15 is 0 Å². The fraction of sp³-hybridized carbons (Fsp3) is 0.182. The van der Waals surface area contributed by atoms with Crippen molar-refractivity contribution < 1.29 is 4.92 Å². The quantitative estimate of drug-likeness (QED) is 0.464. The second-order valence-corrected chi connectivity index (χ2v) is 3.11. The highest BCUT2D eigenvalue weighted by atomic mass is 16.6. The molecule has 1 rings (SSSR count). The second-order valence-electron chi connectivity index (χ2n) is 3.11. The minimum atomic E-state index is -0.473. The Bertz CT molecular complexity index is 420. The van der Waals surface area contributed by atoms with Crippen molar-refractivity contribution in [1.29, 1.82) is 5.26 Å². The second kappa shape index (κ2) is 5.63. The summed E-state index contributed by atoms with van der Waals surface area (Å²) in [4.78, 5) is 9.97. The molecule has 0 aromatic heterocycles. The van der Waals surface area contributed by atoms with Gasteiger partial charge in [0, 0.05) is 18.7 Å². The van der Waals surface area contributed by atoms with E-state index in [4.69, 9.17) is 5.26 Å². The van der Waals surface area contributed by atoms with Crippen LogP contribution in [-0.4, -0.2) is 11.5 Å². The Kier molecular flexibility index (Phi) is 4.18. The normalized spacial score (nSPS) is 11.4. The third-order valence-corrected chi connectivity index (χ3v) is 2.03. The first kappa shape index (κ1) is 11.9. The molecule has 0 bridgehead atoms. The van der Waals surface area contributed by atoms with E-state index in [9.17, 15) is 10.1 Å². The van der Waals surface area contributed by atoms with Gasteiger partial charge in [-0.1, -0.05) is 6.08 Å². The SMILES string of the molecule is C=CCNC(C#N)c1ccc([N+](=O)[O-])cc1. The van der Waals surface area contributed by atoms with E-state index in [1.807, 2.05) is 0 Å². The Morgan fingerprint density at radius 2 is 2.19 bits per heavy atom. The standard InChI is InChI=1S/C11H11N3O2/c1-2-7-13-11(8-12)9-3-5-10(6-4-9)14(15)16/h2-6,11,13H,1,7H2. The van der Waals surface area contributed by atoms with E-state index in [1.165, 1.54) is 12.1 Å². The maximum absolute atomic E-state index is 10.4. The summed E-state index contributed by atoms with van der Waals surface area (Å²) in [6.07, 6.45) is 1.65. The summed E-state index contributed by atoms with van der Waals surface area (Å²) in [6.45, 7) is 4.05. The van der Waals surface area contributed by atoms with Gasteiger partial charge in [0.2, 0.25) is 0 Å². The third-order valence-electron chi connectivity index (χ3n) is 2.03. The molecule has 0 aliphatic carbocycles. The first-order valence-electron chi connectivity index (χ1n) is 4.67. The van der Waals surface area contributed by atoms with Gasteiger partial charge in [-0.3, -0.25) is 15.4 Å². The fourth-order valence-corrected chi connectivity index (χ4v) is 1.23. The molecule has 0 aliphatic heterocycles. The van der Waals surface area contributed by atoms with Crippen molar-refractivity contribution in [3.63, 3.8) is 0 Å². The smallest absolute Gasteiger partial charge is 0.269 e. The predicted molar refractivity (Wildman–Crippen MR) is 59.7 cm³/mol. The molecule has 0 spiro atoms. The van der Waals surface area contributed by atoms with Crippen LogP contribution in [0.25, 0.3) is 0 Å². The molecule has 1 aromatic rings. The van der Waals surface area contributed by atoms with Crippen molar-refractivity contribution in [1.82, 2.24) is 5.32 Å². The number of non-ortho nitro benzene ring substituents is 1. The monoisotopic (exact) mass is 217 g/mol. The molecule has 0 amide bonds. The van der Waals surface area contributed by atoms with Gasteiger partial charge in [0.25, 0.3) is 5.69 Å². The summed E-state index contributed by atoms with van der Waals surface area (Å²) in [5.41, 5.74) is 0.721. The molecule has 0 radical (unpaired) electrons. The summed E-state index contributed by atoms with van der Waals surface area (Å²) in [5.74, 6) is 0. The number of benzene rings is 1. The average molecular weight is 217 g/mol. The molecular formula is C11H11N3O2. The molecule has 1 unspecified atom stereocenters. The first-order valence-corrected chi connectivity index (χ1v) is 4.67. The Balaban J connectivity index is 2.83. The average Bonchev–Trinajstić information content (AvgIpc) is 2.30. The van der Waals surface area contributed by atoms with Crippen molar-refractivity contribution in [2.45, 2.75) is 6.04 Å². The van der Waals surface area contributed by atoms with Crippen LogP contribution in [0.4, 0.5) is 5.69 Å². The lowest BCUT2D eigenvalue weighted by Gasteiger charge is -2.09. The lowest BCUT2D eigenvalue weighted by molar-refractivity contribution is -0.384. The zero-order chi connectivity index (χ0) is 12.0. The lowest BCUT2D eigenvalue weighted by atomic mass is 10.1. The molecule has 5 nitrogen and oxygen atoms in total. The van der Waals surface area contributed by atoms with Crippen molar-refractivity contribution in [2.75, 3.05) is 6.54 Å². The fourth-order valence-electron chi connectivity index (χ4n) is 1.23. The molecule has 16 heavy (non-hydrogen) atoms. The molecule has 0 aliphatic rings. The van der Waals surface area contributed by atoms with Gasteiger partial charge in [0.05, 0.1) is 11.0 Å². The number of nitrogens with one attached hydrogen (secondary N) is 1. The first-order chi connectivity index (χ1) is 7.69. The van der Waals surface area contributed by atoms with Gasteiger partial charge in [-0.05, 0) is 17.7 Å². The summed E-state index contributed by atoms with van der Waals surface area (Å²) in [6, 6.07) is 7.51. The molecule has 1 N–H and O–H groups in total. The van der Waals surface area contributed by atoms with Gasteiger partial charge in [0.1, 0.15) is 6.04 Å². The van der Waals surface area contributed by atoms with Crippen molar-refractivity contribution in [3.05, 3.63) is 52.6 Å². The van der Waals surface area contributed by atoms with Crippen molar-refractivity contribution in [3.8, 4) is 6.07 Å². The van der Waals surface area contributed by atoms with Crippen LogP contribution < -0.4 is 5.32 Å². The number of rotatable bonds is 5. The molecule has 0 saturated heterocycles. The van der Waals surface area contributed by atoms with Gasteiger partial charge < -0.3 is 0 Å². The Labute approximate surface area is 93.2 Å². The maximum Gasteiger partial charge on any atom is 0.269 e. The van der Waals surface area contributed by atoms with Crippen LogP contribution in [0, 0.1) is 21.4 Å². The van der Waals surface area contributed by atoms with E-state index in [0.29, 0.717) is 12.1 Å². The highest BCUT2D eigenvalue weighted by Gasteiger charge is 2.11. The Morgan fingerprint density at radius 3 is 2.62 bits per heavy atom. The van der Waals surface area contributed by atoms with Gasteiger partial charge in [-0.2, -0.15) is 5.26 Å². The minimum absolute atomic E-state index is 0.0177. The van der Waals surface area contributed by atoms with E-state index in [2.05, 4.69) is 18.0 Å². The Morgan fingerprint density at radius 1 is 1.56 bits per heavy atom. The number of nitro groups is 1. The van der Waals surface area contributed by atoms with Crippen LogP contribution in [0.1, 0.15) is 11.6 Å². The Hall–Kier alpha value is -2.19. The third kappa shape index (κ3) is 2.90. The predicted octanol–water partition coefficient (Wildman–Crippen LogP) is 1.94. The summed E-state index contributed by atoms with van der Waals surface area (Å²) in [7, 11) is 0. The van der Waals surface area contributed by atoms with E-state index in [1.54, 1.807) is 18.2 Å². The summed E-state index contributed by atoms with van der Waals surface area (Å²) in [5, 5.41) is 22.3. The molecule has 82 valence electrons. The zero-order valence-corrected chi connectivity index (χ0v) is 8.59.